The van der Waals surface area contributed by atoms with Gasteiger partial charge < -0.3 is 14.2 Å². The standard InChI is InChI=1S/C15H22N2O3/c1-10-7-12(9-20-10)15(17-16)11-3-4-13-14(8-11)19-6-2-5-18-13/h3-4,8,10,12,15,17H,2,5-7,9,16H2,1H3. The summed E-state index contributed by atoms with van der Waals surface area (Å²) in [6, 6.07) is 6.14. The number of fused-ring (bicyclic) bond motifs is 1. The van der Waals surface area contributed by atoms with Crippen LogP contribution in [0.1, 0.15) is 31.4 Å². The highest BCUT2D eigenvalue weighted by atomic mass is 16.5. The fourth-order valence-corrected chi connectivity index (χ4v) is 2.96. The second kappa shape index (κ2) is 5.99. The molecule has 1 saturated heterocycles. The Morgan fingerprint density at radius 1 is 1.25 bits per heavy atom. The minimum Gasteiger partial charge on any atom is -0.490 e. The molecule has 5 heteroatoms. The lowest BCUT2D eigenvalue weighted by molar-refractivity contribution is 0.117. The van der Waals surface area contributed by atoms with Crippen LogP contribution in [0.5, 0.6) is 11.5 Å². The van der Waals surface area contributed by atoms with E-state index in [9.17, 15) is 0 Å². The van der Waals surface area contributed by atoms with E-state index in [1.165, 1.54) is 0 Å². The maximum Gasteiger partial charge on any atom is 0.161 e. The van der Waals surface area contributed by atoms with Crippen LogP contribution in [0.2, 0.25) is 0 Å². The van der Waals surface area contributed by atoms with E-state index in [1.807, 2.05) is 12.1 Å². The van der Waals surface area contributed by atoms with E-state index in [0.717, 1.165) is 36.5 Å². The van der Waals surface area contributed by atoms with Crippen LogP contribution >= 0.6 is 0 Å². The molecule has 0 spiro atoms. The van der Waals surface area contributed by atoms with Gasteiger partial charge in [0.05, 0.1) is 32.0 Å². The monoisotopic (exact) mass is 278 g/mol. The van der Waals surface area contributed by atoms with Crippen molar-refractivity contribution in [2.45, 2.75) is 31.9 Å². The van der Waals surface area contributed by atoms with Crippen LogP contribution in [0.4, 0.5) is 0 Å². The van der Waals surface area contributed by atoms with E-state index in [1.54, 1.807) is 0 Å². The maximum absolute atomic E-state index is 5.76. The third-order valence-electron chi connectivity index (χ3n) is 4.01. The van der Waals surface area contributed by atoms with Crippen molar-refractivity contribution in [1.82, 2.24) is 5.43 Å². The van der Waals surface area contributed by atoms with Gasteiger partial charge in [-0.2, -0.15) is 0 Å². The summed E-state index contributed by atoms with van der Waals surface area (Å²) in [5.74, 6) is 7.78. The number of nitrogens with two attached hydrogens (primary N) is 1. The van der Waals surface area contributed by atoms with Crippen LogP contribution < -0.4 is 20.7 Å². The van der Waals surface area contributed by atoms with Crippen molar-refractivity contribution in [3.05, 3.63) is 23.8 Å². The van der Waals surface area contributed by atoms with Crippen molar-refractivity contribution in [2.24, 2.45) is 11.8 Å². The Morgan fingerprint density at radius 3 is 2.75 bits per heavy atom. The normalized spacial score (nSPS) is 27.1. The molecule has 1 fully saturated rings. The molecule has 0 amide bonds. The molecule has 0 radical (unpaired) electrons. The zero-order valence-electron chi connectivity index (χ0n) is 11.8. The van der Waals surface area contributed by atoms with Gasteiger partial charge in [-0.1, -0.05) is 6.07 Å². The summed E-state index contributed by atoms with van der Waals surface area (Å²) in [7, 11) is 0. The van der Waals surface area contributed by atoms with Gasteiger partial charge in [-0.25, -0.2) is 0 Å². The first-order valence-corrected chi connectivity index (χ1v) is 7.25. The number of nitrogens with one attached hydrogen (secondary N) is 1. The van der Waals surface area contributed by atoms with Gasteiger partial charge in [0.2, 0.25) is 0 Å². The summed E-state index contributed by atoms with van der Waals surface area (Å²) in [5, 5.41) is 0. The fraction of sp³-hybridized carbons (Fsp3) is 0.600. The minimum atomic E-state index is 0.0807. The second-order valence-corrected chi connectivity index (χ2v) is 5.54. The molecule has 110 valence electrons. The predicted octanol–water partition coefficient (Wildman–Crippen LogP) is 1.78. The lowest BCUT2D eigenvalue weighted by Crippen LogP contribution is -2.34. The number of hydrazine groups is 1. The van der Waals surface area contributed by atoms with Crippen molar-refractivity contribution in [3.63, 3.8) is 0 Å². The highest BCUT2D eigenvalue weighted by Crippen LogP contribution is 2.36. The molecule has 1 aromatic carbocycles. The zero-order valence-corrected chi connectivity index (χ0v) is 11.8. The maximum atomic E-state index is 5.76. The van der Waals surface area contributed by atoms with Crippen LogP contribution in [-0.4, -0.2) is 25.9 Å². The first kappa shape index (κ1) is 13.7. The molecule has 3 atom stereocenters. The van der Waals surface area contributed by atoms with Crippen LogP contribution in [-0.2, 0) is 4.74 Å². The molecule has 20 heavy (non-hydrogen) atoms. The summed E-state index contributed by atoms with van der Waals surface area (Å²) in [5.41, 5.74) is 4.05. The third kappa shape index (κ3) is 2.75. The van der Waals surface area contributed by atoms with E-state index < -0.39 is 0 Å². The van der Waals surface area contributed by atoms with Crippen molar-refractivity contribution in [1.29, 1.82) is 0 Å². The lowest BCUT2D eigenvalue weighted by Gasteiger charge is -2.23. The summed E-state index contributed by atoms with van der Waals surface area (Å²) in [6.45, 7) is 4.24. The number of rotatable bonds is 3. The van der Waals surface area contributed by atoms with Gasteiger partial charge in [0.25, 0.3) is 0 Å². The van der Waals surface area contributed by atoms with Gasteiger partial charge in [-0.15, -0.1) is 0 Å². The highest BCUT2D eigenvalue weighted by molar-refractivity contribution is 5.44. The summed E-state index contributed by atoms with van der Waals surface area (Å²) >= 11 is 0. The highest BCUT2D eigenvalue weighted by Gasteiger charge is 2.30. The molecule has 3 unspecified atom stereocenters. The van der Waals surface area contributed by atoms with Gasteiger partial charge >= 0.3 is 0 Å². The number of ether oxygens (including phenoxy) is 3. The Balaban J connectivity index is 1.83. The van der Waals surface area contributed by atoms with E-state index in [4.69, 9.17) is 20.1 Å². The zero-order chi connectivity index (χ0) is 13.9. The van der Waals surface area contributed by atoms with Gasteiger partial charge in [0.1, 0.15) is 0 Å². The van der Waals surface area contributed by atoms with Crippen molar-refractivity contribution in [3.8, 4) is 11.5 Å². The molecule has 2 heterocycles. The SMILES string of the molecule is CC1CC(C(NN)c2ccc3c(c2)OCCCO3)CO1. The Labute approximate surface area is 119 Å². The molecule has 0 saturated carbocycles. The Hall–Kier alpha value is -1.30. The molecule has 2 aliphatic heterocycles. The molecule has 2 aliphatic rings. The average molecular weight is 278 g/mol. The largest absolute Gasteiger partial charge is 0.490 e. The van der Waals surface area contributed by atoms with Gasteiger partial charge in [-0.05, 0) is 31.0 Å². The Kier molecular flexibility index (Phi) is 4.10. The summed E-state index contributed by atoms with van der Waals surface area (Å²) < 4.78 is 17.1. The topological polar surface area (TPSA) is 65.7 Å². The van der Waals surface area contributed by atoms with E-state index in [-0.39, 0.29) is 6.04 Å². The second-order valence-electron chi connectivity index (χ2n) is 5.54. The first-order chi connectivity index (χ1) is 9.78. The van der Waals surface area contributed by atoms with E-state index in [2.05, 4.69) is 18.4 Å². The molecular formula is C15H22N2O3. The molecule has 3 N–H and O–H groups in total. The summed E-state index contributed by atoms with van der Waals surface area (Å²) in [4.78, 5) is 0. The number of hydrogen-bond acceptors (Lipinski definition) is 5. The molecule has 0 aliphatic carbocycles. The van der Waals surface area contributed by atoms with Crippen LogP contribution in [0.25, 0.3) is 0 Å². The molecule has 5 nitrogen and oxygen atoms in total. The average Bonchev–Trinajstić information content (AvgIpc) is 2.75. The van der Waals surface area contributed by atoms with Crippen LogP contribution in [0.3, 0.4) is 0 Å². The molecule has 1 aromatic rings. The Bertz CT molecular complexity index is 466. The van der Waals surface area contributed by atoms with E-state index >= 15 is 0 Å². The van der Waals surface area contributed by atoms with Crippen molar-refractivity contribution >= 4 is 0 Å². The van der Waals surface area contributed by atoms with Crippen molar-refractivity contribution < 1.29 is 14.2 Å². The quantitative estimate of drug-likeness (QED) is 0.651. The molecule has 0 bridgehead atoms. The van der Waals surface area contributed by atoms with E-state index in [0.29, 0.717) is 25.2 Å². The predicted molar refractivity (Wildman–Crippen MR) is 75.6 cm³/mol. The molecule has 3 rings (SSSR count). The smallest absolute Gasteiger partial charge is 0.161 e. The number of benzene rings is 1. The third-order valence-corrected chi connectivity index (χ3v) is 4.01. The molecule has 0 aromatic heterocycles. The number of hydrogen-bond donors (Lipinski definition) is 2. The summed E-state index contributed by atoms with van der Waals surface area (Å²) in [6.07, 6.45) is 2.23. The minimum absolute atomic E-state index is 0.0807. The van der Waals surface area contributed by atoms with Crippen LogP contribution in [0, 0.1) is 5.92 Å². The Morgan fingerprint density at radius 2 is 2.05 bits per heavy atom. The first-order valence-electron chi connectivity index (χ1n) is 7.25. The van der Waals surface area contributed by atoms with Gasteiger partial charge in [-0.3, -0.25) is 11.3 Å². The lowest BCUT2D eigenvalue weighted by atomic mass is 9.91. The molecular weight excluding hydrogens is 256 g/mol. The van der Waals surface area contributed by atoms with Gasteiger partial charge in [0, 0.05) is 12.3 Å². The fourth-order valence-electron chi connectivity index (χ4n) is 2.96. The van der Waals surface area contributed by atoms with Crippen molar-refractivity contribution in [2.75, 3.05) is 19.8 Å². The van der Waals surface area contributed by atoms with Crippen LogP contribution in [0.15, 0.2) is 18.2 Å². The van der Waals surface area contributed by atoms with Gasteiger partial charge in [0.15, 0.2) is 11.5 Å².